The molecule has 0 aliphatic heterocycles. The normalized spacial score (nSPS) is 10.2. The zero-order valence-electron chi connectivity index (χ0n) is 6.52. The highest BCUT2D eigenvalue weighted by Crippen LogP contribution is 2.24. The van der Waals surface area contributed by atoms with Gasteiger partial charge in [0.05, 0.1) is 5.56 Å². The second-order valence-electron chi connectivity index (χ2n) is 2.46. The Balaban J connectivity index is 2.58. The lowest BCUT2D eigenvalue weighted by Gasteiger charge is -1.96. The zero-order valence-corrected chi connectivity index (χ0v) is 6.52. The molecular weight excluding hydrogens is 172 g/mol. The van der Waals surface area contributed by atoms with Crippen molar-refractivity contribution < 1.29 is 9.63 Å². The number of nitrogens with one attached hydrogen (secondary N) is 1. The van der Waals surface area contributed by atoms with Crippen LogP contribution in [-0.2, 0) is 0 Å². The number of para-hydroxylation sites is 1. The molecule has 1 aromatic heterocycles. The molecule has 0 unspecified atom stereocenters. The highest BCUT2D eigenvalue weighted by molar-refractivity contribution is 5.62. The summed E-state index contributed by atoms with van der Waals surface area (Å²) in [5.41, 5.74) is 0.438. The lowest BCUT2D eigenvalue weighted by Crippen LogP contribution is -1.94. The lowest BCUT2D eigenvalue weighted by atomic mass is 10.2. The van der Waals surface area contributed by atoms with E-state index in [0.717, 1.165) is 0 Å². The molecule has 1 heterocycles. The average Bonchev–Trinajstić information content (AvgIpc) is 2.53. The van der Waals surface area contributed by atoms with Crippen LogP contribution in [0.5, 0.6) is 5.75 Å². The molecule has 0 aliphatic carbocycles. The largest absolute Gasteiger partial charge is 0.507 e. The maximum atomic E-state index is 10.6. The summed E-state index contributed by atoms with van der Waals surface area (Å²) in [7, 11) is 0. The Hall–Kier alpha value is -2.04. The van der Waals surface area contributed by atoms with Crippen LogP contribution in [0.4, 0.5) is 0 Å². The number of rotatable bonds is 1. The minimum absolute atomic E-state index is 0.0482. The van der Waals surface area contributed by atoms with Gasteiger partial charge in [-0.2, -0.15) is 0 Å². The molecule has 66 valence electrons. The molecule has 2 aromatic rings. The van der Waals surface area contributed by atoms with Crippen molar-refractivity contribution in [1.29, 1.82) is 0 Å². The summed E-state index contributed by atoms with van der Waals surface area (Å²) in [6, 6.07) is 6.53. The van der Waals surface area contributed by atoms with Crippen LogP contribution in [0.3, 0.4) is 0 Å². The number of hydrogen-bond acceptors (Lipinski definition) is 4. The number of hydrogen-bond donors (Lipinski definition) is 2. The van der Waals surface area contributed by atoms with Gasteiger partial charge in [-0.15, -0.1) is 0 Å². The van der Waals surface area contributed by atoms with Crippen LogP contribution >= 0.6 is 0 Å². The van der Waals surface area contributed by atoms with E-state index in [4.69, 9.17) is 0 Å². The smallest absolute Gasteiger partial charge is 0.439 e. The second-order valence-corrected chi connectivity index (χ2v) is 2.46. The van der Waals surface area contributed by atoms with E-state index in [-0.39, 0.29) is 11.6 Å². The summed E-state index contributed by atoms with van der Waals surface area (Å²) in [4.78, 5) is 12.9. The van der Waals surface area contributed by atoms with Gasteiger partial charge in [0.2, 0.25) is 0 Å². The van der Waals surface area contributed by atoms with E-state index in [2.05, 4.69) is 14.7 Å². The van der Waals surface area contributed by atoms with Crippen LogP contribution in [0.1, 0.15) is 0 Å². The molecule has 5 nitrogen and oxygen atoms in total. The topological polar surface area (TPSA) is 79.1 Å². The van der Waals surface area contributed by atoms with Crippen molar-refractivity contribution in [2.24, 2.45) is 0 Å². The summed E-state index contributed by atoms with van der Waals surface area (Å²) in [5, 5.41) is 12.8. The quantitative estimate of drug-likeness (QED) is 0.674. The van der Waals surface area contributed by atoms with Gasteiger partial charge >= 0.3 is 5.76 Å². The van der Waals surface area contributed by atoms with Gasteiger partial charge in [-0.1, -0.05) is 17.3 Å². The van der Waals surface area contributed by atoms with Gasteiger partial charge in [-0.05, 0) is 12.1 Å². The van der Waals surface area contributed by atoms with Gasteiger partial charge in [0.1, 0.15) is 5.75 Å². The Labute approximate surface area is 72.6 Å². The summed E-state index contributed by atoms with van der Waals surface area (Å²) >= 11 is 0. The fraction of sp³-hybridized carbons (Fsp3) is 0. The molecular formula is C8H6N2O3. The molecule has 1 aromatic carbocycles. The number of phenols is 1. The Bertz CT molecular complexity index is 472. The lowest BCUT2D eigenvalue weighted by molar-refractivity contribution is 0.387. The van der Waals surface area contributed by atoms with Gasteiger partial charge in [-0.3, -0.25) is 9.51 Å². The maximum Gasteiger partial charge on any atom is 0.439 e. The highest BCUT2D eigenvalue weighted by atomic mass is 16.5. The van der Waals surface area contributed by atoms with E-state index in [1.807, 2.05) is 0 Å². The van der Waals surface area contributed by atoms with Crippen LogP contribution in [0, 0.1) is 0 Å². The first-order valence-electron chi connectivity index (χ1n) is 3.62. The van der Waals surface area contributed by atoms with Gasteiger partial charge < -0.3 is 5.11 Å². The Morgan fingerprint density at radius 1 is 1.38 bits per heavy atom. The van der Waals surface area contributed by atoms with Crippen molar-refractivity contribution in [2.75, 3.05) is 0 Å². The minimum Gasteiger partial charge on any atom is -0.507 e. The molecule has 0 fully saturated rings. The fourth-order valence-electron chi connectivity index (χ4n) is 1.02. The molecule has 0 amide bonds. The van der Waals surface area contributed by atoms with E-state index in [0.29, 0.717) is 5.56 Å². The molecule has 0 spiro atoms. The van der Waals surface area contributed by atoms with Crippen LogP contribution in [0.25, 0.3) is 11.4 Å². The number of H-pyrrole nitrogens is 1. The number of phenolic OH excluding ortho intramolecular Hbond substituents is 1. The monoisotopic (exact) mass is 178 g/mol. The first kappa shape index (κ1) is 7.60. The van der Waals surface area contributed by atoms with Crippen molar-refractivity contribution in [3.05, 3.63) is 34.8 Å². The van der Waals surface area contributed by atoms with Crippen LogP contribution in [0.15, 0.2) is 33.6 Å². The SMILES string of the molecule is O=c1[nH]c(-c2ccccc2O)no1. The average molecular weight is 178 g/mol. The molecule has 13 heavy (non-hydrogen) atoms. The fourth-order valence-corrected chi connectivity index (χ4v) is 1.02. The van der Waals surface area contributed by atoms with Gasteiger partial charge in [0.25, 0.3) is 0 Å². The van der Waals surface area contributed by atoms with Gasteiger partial charge in [0, 0.05) is 0 Å². The number of aromatic amines is 1. The standard InChI is InChI=1S/C8H6N2O3/c11-6-4-2-1-3-5(6)7-9-8(12)13-10-7/h1-4,11H,(H,9,10,12). The van der Waals surface area contributed by atoms with Crippen LogP contribution in [-0.4, -0.2) is 15.2 Å². The van der Waals surface area contributed by atoms with Crippen LogP contribution < -0.4 is 5.76 Å². The van der Waals surface area contributed by atoms with Crippen molar-refractivity contribution >= 4 is 0 Å². The predicted molar refractivity (Wildman–Crippen MR) is 44.2 cm³/mol. The predicted octanol–water partition coefficient (Wildman–Crippen LogP) is 0.735. The Morgan fingerprint density at radius 2 is 2.15 bits per heavy atom. The molecule has 5 heteroatoms. The summed E-state index contributed by atoms with van der Waals surface area (Å²) < 4.78 is 4.30. The third-order valence-corrected chi connectivity index (χ3v) is 1.60. The summed E-state index contributed by atoms with van der Waals surface area (Å²) in [5.74, 6) is -0.367. The van der Waals surface area contributed by atoms with E-state index in [9.17, 15) is 9.90 Å². The Morgan fingerprint density at radius 3 is 2.77 bits per heavy atom. The van der Waals surface area contributed by atoms with E-state index < -0.39 is 5.76 Å². The second kappa shape index (κ2) is 2.78. The van der Waals surface area contributed by atoms with Crippen LogP contribution in [0.2, 0.25) is 0 Å². The molecule has 2 N–H and O–H groups in total. The molecule has 2 rings (SSSR count). The molecule has 0 bridgehead atoms. The van der Waals surface area contributed by atoms with Crippen molar-refractivity contribution in [3.8, 4) is 17.1 Å². The maximum absolute atomic E-state index is 10.6. The van der Waals surface area contributed by atoms with Crippen molar-refractivity contribution in [1.82, 2.24) is 10.1 Å². The first-order valence-corrected chi connectivity index (χ1v) is 3.62. The molecule has 0 aliphatic rings. The van der Waals surface area contributed by atoms with Gasteiger partial charge in [-0.25, -0.2) is 4.79 Å². The van der Waals surface area contributed by atoms with Gasteiger partial charge in [0.15, 0.2) is 5.82 Å². The number of aromatic hydroxyl groups is 1. The van der Waals surface area contributed by atoms with E-state index in [1.54, 1.807) is 18.2 Å². The number of benzene rings is 1. The molecule has 0 radical (unpaired) electrons. The summed E-state index contributed by atoms with van der Waals surface area (Å²) in [6.45, 7) is 0. The van der Waals surface area contributed by atoms with Crippen molar-refractivity contribution in [3.63, 3.8) is 0 Å². The molecule has 0 saturated carbocycles. The first-order chi connectivity index (χ1) is 6.27. The Kier molecular flexibility index (Phi) is 1.63. The molecule has 0 atom stereocenters. The van der Waals surface area contributed by atoms with E-state index in [1.165, 1.54) is 6.07 Å². The van der Waals surface area contributed by atoms with E-state index >= 15 is 0 Å². The zero-order chi connectivity index (χ0) is 9.26. The minimum atomic E-state index is -0.641. The highest BCUT2D eigenvalue weighted by Gasteiger charge is 2.07. The molecule has 0 saturated heterocycles. The number of aromatic nitrogens is 2. The number of nitrogens with zero attached hydrogens (tertiary/aromatic N) is 1. The summed E-state index contributed by atoms with van der Waals surface area (Å²) in [6.07, 6.45) is 0. The third kappa shape index (κ3) is 1.31. The van der Waals surface area contributed by atoms with Crippen molar-refractivity contribution in [2.45, 2.75) is 0 Å². The third-order valence-electron chi connectivity index (χ3n) is 1.60.